The van der Waals surface area contributed by atoms with Gasteiger partial charge in [0.25, 0.3) is 0 Å². The van der Waals surface area contributed by atoms with Gasteiger partial charge in [-0.05, 0) is 24.7 Å². The Hall–Kier alpha value is -1.32. The lowest BCUT2D eigenvalue weighted by Crippen LogP contribution is -2.64. The van der Waals surface area contributed by atoms with E-state index in [0.717, 1.165) is 19.3 Å². The Balaban J connectivity index is 2.17. The first-order chi connectivity index (χ1) is 8.39. The van der Waals surface area contributed by atoms with Crippen LogP contribution in [0.2, 0.25) is 0 Å². The minimum absolute atomic E-state index is 0.0379. The molecule has 0 aromatic heterocycles. The van der Waals surface area contributed by atoms with Crippen molar-refractivity contribution in [2.24, 2.45) is 5.41 Å². The molecule has 1 heterocycles. The highest BCUT2D eigenvalue weighted by molar-refractivity contribution is 5.95. The molecule has 0 radical (unpaired) electrons. The average molecular weight is 250 g/mol. The molecule has 18 heavy (non-hydrogen) atoms. The highest BCUT2D eigenvalue weighted by Gasteiger charge is 2.41. The molecule has 0 aromatic carbocycles. The van der Waals surface area contributed by atoms with Crippen molar-refractivity contribution in [1.29, 1.82) is 0 Å². The number of carbonyl (C=O) groups is 2. The van der Waals surface area contributed by atoms with Crippen LogP contribution < -0.4 is 5.32 Å². The van der Waals surface area contributed by atoms with Crippen molar-refractivity contribution in [2.45, 2.75) is 52.1 Å². The summed E-state index contributed by atoms with van der Waals surface area (Å²) in [5.41, 5.74) is -0.240. The zero-order valence-electron chi connectivity index (χ0n) is 11.4. The Morgan fingerprint density at radius 1 is 1.28 bits per heavy atom. The molecule has 1 aliphatic carbocycles. The Morgan fingerprint density at radius 2 is 2.00 bits per heavy atom. The highest BCUT2D eigenvalue weighted by Crippen LogP contribution is 2.26. The van der Waals surface area contributed by atoms with Crippen molar-refractivity contribution >= 4 is 11.8 Å². The molecule has 0 bridgehead atoms. The number of nitrogens with one attached hydrogen (secondary N) is 1. The van der Waals surface area contributed by atoms with E-state index in [1.807, 2.05) is 20.8 Å². The van der Waals surface area contributed by atoms with Gasteiger partial charge in [-0.25, -0.2) is 0 Å². The minimum Gasteiger partial charge on any atom is -0.342 e. The second kappa shape index (κ2) is 4.75. The molecule has 0 saturated carbocycles. The van der Waals surface area contributed by atoms with E-state index in [2.05, 4.69) is 17.5 Å². The van der Waals surface area contributed by atoms with E-state index in [1.54, 1.807) is 4.90 Å². The molecule has 2 unspecified atom stereocenters. The van der Waals surface area contributed by atoms with Gasteiger partial charge in [-0.2, -0.15) is 0 Å². The van der Waals surface area contributed by atoms with Crippen LogP contribution in [-0.4, -0.2) is 35.3 Å². The molecule has 1 fully saturated rings. The topological polar surface area (TPSA) is 49.4 Å². The largest absolute Gasteiger partial charge is 0.342 e. The van der Waals surface area contributed by atoms with Gasteiger partial charge in [-0.15, -0.1) is 0 Å². The lowest BCUT2D eigenvalue weighted by Gasteiger charge is -2.42. The number of nitrogens with zero attached hydrogens (tertiary/aromatic N) is 1. The van der Waals surface area contributed by atoms with Crippen molar-refractivity contribution in [1.82, 2.24) is 10.2 Å². The molecule has 0 spiro atoms. The fourth-order valence-electron chi connectivity index (χ4n) is 2.62. The quantitative estimate of drug-likeness (QED) is 0.716. The van der Waals surface area contributed by atoms with Gasteiger partial charge in [0.15, 0.2) is 0 Å². The summed E-state index contributed by atoms with van der Waals surface area (Å²) in [6.07, 6.45) is 7.09. The lowest BCUT2D eigenvalue weighted by molar-refractivity contribution is -0.149. The van der Waals surface area contributed by atoms with Crippen LogP contribution in [0, 0.1) is 5.41 Å². The van der Waals surface area contributed by atoms with Crippen LogP contribution in [0.5, 0.6) is 0 Å². The highest BCUT2D eigenvalue weighted by atomic mass is 16.2. The fraction of sp³-hybridized carbons (Fsp3) is 0.714. The monoisotopic (exact) mass is 250 g/mol. The van der Waals surface area contributed by atoms with Crippen LogP contribution in [0.25, 0.3) is 0 Å². The molecule has 1 N–H and O–H groups in total. The maximum atomic E-state index is 12.5. The molecule has 1 aliphatic heterocycles. The molecular formula is C14H22N2O2. The maximum absolute atomic E-state index is 12.5. The molecule has 2 rings (SSSR count). The molecule has 0 aromatic rings. The van der Waals surface area contributed by atoms with Crippen molar-refractivity contribution in [3.05, 3.63) is 12.2 Å². The van der Waals surface area contributed by atoms with Crippen LogP contribution >= 0.6 is 0 Å². The predicted molar refractivity (Wildman–Crippen MR) is 69.9 cm³/mol. The van der Waals surface area contributed by atoms with E-state index >= 15 is 0 Å². The van der Waals surface area contributed by atoms with Crippen molar-refractivity contribution in [3.8, 4) is 0 Å². The van der Waals surface area contributed by atoms with Crippen LogP contribution in [0.4, 0.5) is 0 Å². The lowest BCUT2D eigenvalue weighted by atomic mass is 9.84. The number of carbonyl (C=O) groups excluding carboxylic acids is 2. The SMILES string of the molecule is CC(C)(C)C1NC(=O)CN(C2CC=CCC2)C1=O. The third kappa shape index (κ3) is 2.57. The van der Waals surface area contributed by atoms with Crippen molar-refractivity contribution in [3.63, 3.8) is 0 Å². The molecule has 100 valence electrons. The number of hydrogen-bond donors (Lipinski definition) is 1. The summed E-state index contributed by atoms with van der Waals surface area (Å²) in [7, 11) is 0. The Labute approximate surface area is 108 Å². The van der Waals surface area contributed by atoms with E-state index in [9.17, 15) is 9.59 Å². The second-order valence-corrected chi connectivity index (χ2v) is 6.27. The van der Waals surface area contributed by atoms with Gasteiger partial charge in [0.05, 0.1) is 6.54 Å². The Kier molecular flexibility index (Phi) is 3.46. The summed E-state index contributed by atoms with van der Waals surface area (Å²) >= 11 is 0. The zero-order chi connectivity index (χ0) is 13.3. The van der Waals surface area contributed by atoms with Gasteiger partial charge in [-0.1, -0.05) is 32.9 Å². The van der Waals surface area contributed by atoms with Crippen LogP contribution in [0.15, 0.2) is 12.2 Å². The Bertz CT molecular complexity index is 382. The summed E-state index contributed by atoms with van der Waals surface area (Å²) in [6, 6.07) is -0.206. The summed E-state index contributed by atoms with van der Waals surface area (Å²) in [4.78, 5) is 26.1. The summed E-state index contributed by atoms with van der Waals surface area (Å²) in [5.74, 6) is 0.0338. The summed E-state index contributed by atoms with van der Waals surface area (Å²) < 4.78 is 0. The minimum atomic E-state index is -0.398. The predicted octanol–water partition coefficient (Wildman–Crippen LogP) is 1.47. The van der Waals surface area contributed by atoms with Gasteiger partial charge in [0, 0.05) is 6.04 Å². The first-order valence-corrected chi connectivity index (χ1v) is 6.64. The number of piperazine rings is 1. The van der Waals surface area contributed by atoms with E-state index < -0.39 is 6.04 Å². The molecule has 2 amide bonds. The van der Waals surface area contributed by atoms with E-state index in [-0.39, 0.29) is 29.8 Å². The zero-order valence-corrected chi connectivity index (χ0v) is 11.4. The third-order valence-corrected chi connectivity index (χ3v) is 3.70. The molecule has 4 nitrogen and oxygen atoms in total. The molecule has 4 heteroatoms. The fourth-order valence-corrected chi connectivity index (χ4v) is 2.62. The Morgan fingerprint density at radius 3 is 2.56 bits per heavy atom. The first-order valence-electron chi connectivity index (χ1n) is 6.64. The second-order valence-electron chi connectivity index (χ2n) is 6.27. The summed E-state index contributed by atoms with van der Waals surface area (Å²) in [6.45, 7) is 6.17. The van der Waals surface area contributed by atoms with Gasteiger partial charge < -0.3 is 10.2 Å². The number of allylic oxidation sites excluding steroid dienone is 1. The average Bonchev–Trinajstić information content (AvgIpc) is 2.31. The van der Waals surface area contributed by atoms with Crippen molar-refractivity contribution < 1.29 is 9.59 Å². The smallest absolute Gasteiger partial charge is 0.246 e. The molecule has 2 atom stereocenters. The van der Waals surface area contributed by atoms with Gasteiger partial charge in [0.1, 0.15) is 6.04 Å². The van der Waals surface area contributed by atoms with Gasteiger partial charge >= 0.3 is 0 Å². The maximum Gasteiger partial charge on any atom is 0.246 e. The number of hydrogen-bond acceptors (Lipinski definition) is 2. The van der Waals surface area contributed by atoms with Crippen LogP contribution in [0.3, 0.4) is 0 Å². The standard InChI is InChI=1S/C14H22N2O2/c1-14(2,3)12-13(18)16(9-11(17)15-12)10-7-5-4-6-8-10/h4-5,10,12H,6-9H2,1-3H3,(H,15,17). The molecule has 1 saturated heterocycles. The van der Waals surface area contributed by atoms with E-state index in [1.165, 1.54) is 0 Å². The van der Waals surface area contributed by atoms with Crippen LogP contribution in [0.1, 0.15) is 40.0 Å². The van der Waals surface area contributed by atoms with E-state index in [4.69, 9.17) is 0 Å². The third-order valence-electron chi connectivity index (χ3n) is 3.70. The number of amides is 2. The molecular weight excluding hydrogens is 228 g/mol. The normalized spacial score (nSPS) is 29.4. The first kappa shape index (κ1) is 13.1. The van der Waals surface area contributed by atoms with Crippen molar-refractivity contribution in [2.75, 3.05) is 6.54 Å². The number of rotatable bonds is 1. The molecule has 2 aliphatic rings. The van der Waals surface area contributed by atoms with E-state index in [0.29, 0.717) is 0 Å². The van der Waals surface area contributed by atoms with Gasteiger partial charge in [-0.3, -0.25) is 9.59 Å². The van der Waals surface area contributed by atoms with Crippen LogP contribution in [-0.2, 0) is 9.59 Å². The summed E-state index contributed by atoms with van der Waals surface area (Å²) in [5, 5.41) is 2.83. The van der Waals surface area contributed by atoms with Gasteiger partial charge in [0.2, 0.25) is 11.8 Å².